The van der Waals surface area contributed by atoms with Crippen molar-refractivity contribution >= 4 is 39.6 Å². The van der Waals surface area contributed by atoms with Crippen molar-refractivity contribution in [1.82, 2.24) is 14.9 Å². The second kappa shape index (κ2) is 10.8. The molecule has 0 saturated carbocycles. The fraction of sp³-hybridized carbons (Fsp3) is 0.276. The molecule has 3 N–H and O–H groups in total. The molecule has 0 spiro atoms. The van der Waals surface area contributed by atoms with E-state index in [9.17, 15) is 9.59 Å². The Bertz CT molecular complexity index is 1500. The van der Waals surface area contributed by atoms with Crippen LogP contribution in [-0.4, -0.2) is 25.9 Å². The van der Waals surface area contributed by atoms with Crippen molar-refractivity contribution in [2.45, 2.75) is 38.5 Å². The number of amides is 2. The summed E-state index contributed by atoms with van der Waals surface area (Å²) in [6, 6.07) is 19.3. The van der Waals surface area contributed by atoms with Crippen molar-refractivity contribution in [2.75, 3.05) is 5.73 Å². The number of nitrogens with one attached hydrogen (secondary N) is 1. The fourth-order valence-electron chi connectivity index (χ4n) is 4.44. The van der Waals surface area contributed by atoms with Gasteiger partial charge in [0.1, 0.15) is 29.7 Å². The van der Waals surface area contributed by atoms with Gasteiger partial charge in [0.05, 0.1) is 22.0 Å². The Hall–Kier alpha value is -3.98. The third kappa shape index (κ3) is 5.78. The first-order valence-corrected chi connectivity index (χ1v) is 13.4. The molecule has 196 valence electrons. The zero-order valence-electron chi connectivity index (χ0n) is 21.6. The van der Waals surface area contributed by atoms with Crippen LogP contribution in [-0.2, 0) is 31.3 Å². The van der Waals surface area contributed by atoms with E-state index in [0.717, 1.165) is 40.6 Å². The molecule has 0 aliphatic carbocycles. The number of benzene rings is 3. The molecule has 0 bridgehead atoms. The van der Waals surface area contributed by atoms with E-state index in [0.29, 0.717) is 41.9 Å². The lowest BCUT2D eigenvalue weighted by Gasteiger charge is -2.11. The Morgan fingerprint density at radius 2 is 1.76 bits per heavy atom. The van der Waals surface area contributed by atoms with Crippen molar-refractivity contribution in [1.29, 1.82) is 0 Å². The van der Waals surface area contributed by atoms with Crippen LogP contribution in [0.3, 0.4) is 0 Å². The van der Waals surface area contributed by atoms with Gasteiger partial charge >= 0.3 is 0 Å². The highest BCUT2D eigenvalue weighted by molar-refractivity contribution is 8.15. The zero-order chi connectivity index (χ0) is 26.8. The van der Waals surface area contributed by atoms with Gasteiger partial charge in [0.2, 0.25) is 5.91 Å². The number of nitrogens with two attached hydrogens (primary N) is 1. The maximum absolute atomic E-state index is 11.8. The second-order valence-electron chi connectivity index (χ2n) is 9.83. The van der Waals surface area contributed by atoms with Crippen molar-refractivity contribution in [3.8, 4) is 17.2 Å². The average molecular weight is 531 g/mol. The molecule has 1 aliphatic heterocycles. The van der Waals surface area contributed by atoms with E-state index >= 15 is 0 Å². The van der Waals surface area contributed by atoms with E-state index in [-0.39, 0.29) is 16.4 Å². The van der Waals surface area contributed by atoms with Crippen molar-refractivity contribution in [3.05, 3.63) is 77.6 Å². The van der Waals surface area contributed by atoms with Crippen LogP contribution in [0, 0.1) is 5.92 Å². The topological polar surface area (TPSA) is 108 Å². The Morgan fingerprint density at radius 3 is 2.45 bits per heavy atom. The highest BCUT2D eigenvalue weighted by atomic mass is 32.2. The molecule has 5 rings (SSSR count). The number of imidazole rings is 1. The maximum atomic E-state index is 11.8. The van der Waals surface area contributed by atoms with E-state index < -0.39 is 0 Å². The Labute approximate surface area is 225 Å². The van der Waals surface area contributed by atoms with Crippen molar-refractivity contribution < 1.29 is 19.1 Å². The molecule has 0 radical (unpaired) electrons. The van der Waals surface area contributed by atoms with E-state index in [1.165, 1.54) is 5.56 Å². The quantitative estimate of drug-likeness (QED) is 0.270. The largest absolute Gasteiger partial charge is 0.486 e. The van der Waals surface area contributed by atoms with Crippen molar-refractivity contribution in [2.24, 2.45) is 13.0 Å². The van der Waals surface area contributed by atoms with Gasteiger partial charge < -0.3 is 19.8 Å². The molecule has 2 amide bonds. The molecule has 1 unspecified atom stereocenters. The van der Waals surface area contributed by atoms with Crippen LogP contribution in [0.4, 0.5) is 10.5 Å². The third-order valence-electron chi connectivity index (χ3n) is 6.37. The van der Waals surface area contributed by atoms with Crippen LogP contribution in [0.1, 0.15) is 30.8 Å². The Kier molecular flexibility index (Phi) is 7.28. The number of anilines is 1. The van der Waals surface area contributed by atoms with Gasteiger partial charge in [-0.2, -0.15) is 0 Å². The monoisotopic (exact) mass is 530 g/mol. The number of aryl methyl sites for hydroxylation is 1. The Balaban J connectivity index is 1.23. The summed E-state index contributed by atoms with van der Waals surface area (Å²) in [6.45, 7) is 4.66. The van der Waals surface area contributed by atoms with Crippen molar-refractivity contribution in [3.63, 3.8) is 0 Å². The number of aromatic nitrogens is 2. The van der Waals surface area contributed by atoms with E-state index in [1.54, 1.807) is 0 Å². The number of nitrogen functional groups attached to an aromatic ring is 1. The van der Waals surface area contributed by atoms with Gasteiger partial charge in [0.15, 0.2) is 0 Å². The Morgan fingerprint density at radius 1 is 1.03 bits per heavy atom. The van der Waals surface area contributed by atoms with Crippen LogP contribution < -0.4 is 20.5 Å². The van der Waals surface area contributed by atoms with Gasteiger partial charge in [-0.05, 0) is 66.3 Å². The van der Waals surface area contributed by atoms with Crippen LogP contribution in [0.25, 0.3) is 11.0 Å². The summed E-state index contributed by atoms with van der Waals surface area (Å²) in [7, 11) is 1.95. The summed E-state index contributed by atoms with van der Waals surface area (Å²) >= 11 is 1.03. The highest BCUT2D eigenvalue weighted by Crippen LogP contribution is 2.31. The standard InChI is InChI=1S/C29H30N4O4S/c1-17(2)12-19-6-11-25(22(30)13-19)37-21-9-10-23-24(15-21)33(3)27(31-23)16-36-20-7-4-18(5-8-20)14-26-28(34)32-29(35)38-26/h4-11,13,15,17,26H,12,14,16,30H2,1-3H3,(H,32,34,35). The van der Waals surface area contributed by atoms with Crippen LogP contribution in [0.15, 0.2) is 60.7 Å². The lowest BCUT2D eigenvalue weighted by atomic mass is 10.0. The van der Waals surface area contributed by atoms with Crippen LogP contribution >= 0.6 is 11.8 Å². The van der Waals surface area contributed by atoms with Gasteiger partial charge in [0.25, 0.3) is 5.24 Å². The molecule has 1 aliphatic rings. The summed E-state index contributed by atoms with van der Waals surface area (Å²) in [5.74, 6) is 3.10. The normalized spacial score (nSPS) is 15.3. The number of hydrogen-bond donors (Lipinski definition) is 2. The summed E-state index contributed by atoms with van der Waals surface area (Å²) in [5, 5.41) is 1.64. The van der Waals surface area contributed by atoms with E-state index in [2.05, 4.69) is 25.2 Å². The number of fused-ring (bicyclic) bond motifs is 1. The molecule has 9 heteroatoms. The molecule has 2 heterocycles. The first-order chi connectivity index (χ1) is 18.2. The number of imide groups is 1. The minimum Gasteiger partial charge on any atom is -0.486 e. The third-order valence-corrected chi connectivity index (χ3v) is 7.35. The molecule has 1 aromatic heterocycles. The number of nitrogens with zero attached hydrogens (tertiary/aromatic N) is 2. The predicted molar refractivity (Wildman–Crippen MR) is 150 cm³/mol. The molecular formula is C29H30N4O4S. The molecule has 1 saturated heterocycles. The number of hydrogen-bond acceptors (Lipinski definition) is 7. The maximum Gasteiger partial charge on any atom is 0.286 e. The van der Waals surface area contributed by atoms with Gasteiger partial charge in [0, 0.05) is 13.1 Å². The molecular weight excluding hydrogens is 500 g/mol. The van der Waals surface area contributed by atoms with Gasteiger partial charge in [-0.15, -0.1) is 0 Å². The average Bonchev–Trinajstić information content (AvgIpc) is 3.36. The summed E-state index contributed by atoms with van der Waals surface area (Å²) in [4.78, 5) is 27.9. The van der Waals surface area contributed by atoms with Crippen LogP contribution in [0.2, 0.25) is 0 Å². The molecule has 3 aromatic carbocycles. The lowest BCUT2D eigenvalue weighted by Crippen LogP contribution is -2.25. The molecule has 8 nitrogen and oxygen atoms in total. The minimum absolute atomic E-state index is 0.237. The zero-order valence-corrected chi connectivity index (χ0v) is 22.4. The number of carbonyl (C=O) groups excluding carboxylic acids is 2. The molecule has 38 heavy (non-hydrogen) atoms. The summed E-state index contributed by atoms with van der Waals surface area (Å²) in [5.41, 5.74) is 10.8. The smallest absolute Gasteiger partial charge is 0.286 e. The van der Waals surface area contributed by atoms with Gasteiger partial charge in [-0.25, -0.2) is 4.98 Å². The highest BCUT2D eigenvalue weighted by Gasteiger charge is 2.31. The molecule has 4 aromatic rings. The first kappa shape index (κ1) is 25.7. The number of thioether (sulfide) groups is 1. The number of rotatable bonds is 9. The van der Waals surface area contributed by atoms with E-state index in [4.69, 9.17) is 20.2 Å². The molecule has 1 atom stereocenters. The van der Waals surface area contributed by atoms with E-state index in [1.807, 2.05) is 66.2 Å². The van der Waals surface area contributed by atoms with Gasteiger partial charge in [-0.1, -0.05) is 43.8 Å². The number of ether oxygens (including phenoxy) is 2. The minimum atomic E-state index is -0.385. The summed E-state index contributed by atoms with van der Waals surface area (Å²) in [6.07, 6.45) is 1.46. The lowest BCUT2D eigenvalue weighted by molar-refractivity contribution is -0.118. The predicted octanol–water partition coefficient (Wildman–Crippen LogP) is 5.62. The SMILES string of the molecule is CC(C)Cc1ccc(Oc2ccc3nc(COc4ccc(CC5SC(=O)NC5=O)cc4)n(C)c3c2)c(N)c1. The molecule has 1 fully saturated rings. The van der Waals surface area contributed by atoms with Gasteiger partial charge in [-0.3, -0.25) is 14.9 Å². The first-order valence-electron chi connectivity index (χ1n) is 12.5. The second-order valence-corrected chi connectivity index (χ2v) is 11.0. The number of carbonyl (C=O) groups is 2. The van der Waals surface area contributed by atoms with Crippen LogP contribution in [0.5, 0.6) is 17.2 Å². The fourth-order valence-corrected chi connectivity index (χ4v) is 5.30. The summed E-state index contributed by atoms with van der Waals surface area (Å²) < 4.78 is 14.1.